The molecule has 0 radical (unpaired) electrons. The van der Waals surface area contributed by atoms with Crippen LogP contribution in [0.25, 0.3) is 5.69 Å². The second-order valence-electron chi connectivity index (χ2n) is 10.1. The van der Waals surface area contributed by atoms with E-state index >= 15 is 0 Å². The fourth-order valence-electron chi connectivity index (χ4n) is 4.16. The number of rotatable bonds is 6. The highest BCUT2D eigenvalue weighted by Crippen LogP contribution is 2.24. The van der Waals surface area contributed by atoms with Gasteiger partial charge >= 0.3 is 6.09 Å². The standard InChI is InChI=1S/C26H32F2N6O2/c1-17-10-21(31-24-30-16-34(32-24)22-12-19(27)11-20(28)13-22)7-8-23(17)29-14-18-6-5-9-33(15-18)25(35)36-26(2,3)4/h7-8,10-13,16,18,29H,5-6,9,14-15H2,1-4H3,(H,31,32). The zero-order valence-corrected chi connectivity index (χ0v) is 21.0. The average Bonchev–Trinajstić information content (AvgIpc) is 3.25. The lowest BCUT2D eigenvalue weighted by Gasteiger charge is -2.34. The van der Waals surface area contributed by atoms with Gasteiger partial charge in [-0.2, -0.15) is 4.98 Å². The van der Waals surface area contributed by atoms with E-state index in [0.717, 1.165) is 48.9 Å². The van der Waals surface area contributed by atoms with Crippen LogP contribution in [-0.4, -0.2) is 51.0 Å². The molecular weight excluding hydrogens is 466 g/mol. The molecule has 1 atom stereocenters. The van der Waals surface area contributed by atoms with Crippen LogP contribution in [-0.2, 0) is 4.74 Å². The van der Waals surface area contributed by atoms with Gasteiger partial charge in [-0.3, -0.25) is 0 Å². The maximum absolute atomic E-state index is 13.5. The van der Waals surface area contributed by atoms with E-state index in [-0.39, 0.29) is 11.8 Å². The van der Waals surface area contributed by atoms with Gasteiger partial charge in [0, 0.05) is 37.1 Å². The Balaban J connectivity index is 1.33. The first-order valence-electron chi connectivity index (χ1n) is 12.0. The van der Waals surface area contributed by atoms with Gasteiger partial charge in [-0.25, -0.2) is 18.3 Å². The number of likely N-dealkylation sites (tertiary alicyclic amines) is 1. The number of amides is 1. The fraction of sp³-hybridized carbons (Fsp3) is 0.423. The summed E-state index contributed by atoms with van der Waals surface area (Å²) in [4.78, 5) is 18.4. The Labute approximate surface area is 209 Å². The van der Waals surface area contributed by atoms with Gasteiger partial charge in [-0.15, -0.1) is 5.10 Å². The zero-order valence-electron chi connectivity index (χ0n) is 21.0. The lowest BCUT2D eigenvalue weighted by atomic mass is 9.98. The number of anilines is 3. The third kappa shape index (κ3) is 6.71. The van der Waals surface area contributed by atoms with Crippen molar-refractivity contribution in [3.8, 4) is 5.69 Å². The van der Waals surface area contributed by atoms with Crippen molar-refractivity contribution in [1.29, 1.82) is 0 Å². The molecule has 3 aromatic rings. The van der Waals surface area contributed by atoms with Crippen LogP contribution in [0.15, 0.2) is 42.7 Å². The van der Waals surface area contributed by atoms with Gasteiger partial charge in [0.1, 0.15) is 23.6 Å². The van der Waals surface area contributed by atoms with Crippen LogP contribution in [0.5, 0.6) is 0 Å². The van der Waals surface area contributed by atoms with Crippen LogP contribution >= 0.6 is 0 Å². The third-order valence-electron chi connectivity index (χ3n) is 5.84. The smallest absolute Gasteiger partial charge is 0.410 e. The number of ether oxygens (including phenoxy) is 1. The van der Waals surface area contributed by atoms with Crippen molar-refractivity contribution in [2.75, 3.05) is 30.3 Å². The number of aryl methyl sites for hydroxylation is 1. The molecule has 0 saturated carbocycles. The largest absolute Gasteiger partial charge is 0.444 e. The molecule has 1 aliphatic rings. The van der Waals surface area contributed by atoms with Crippen LogP contribution in [0.4, 0.5) is 30.9 Å². The quantitative estimate of drug-likeness (QED) is 0.457. The third-order valence-corrected chi connectivity index (χ3v) is 5.84. The molecule has 8 nitrogen and oxygen atoms in total. The topological polar surface area (TPSA) is 84.3 Å². The van der Waals surface area contributed by atoms with Gasteiger partial charge in [-0.05, 0) is 82.3 Å². The molecule has 0 spiro atoms. The number of nitrogens with zero attached hydrogens (tertiary/aromatic N) is 4. The molecule has 1 amide bonds. The zero-order chi connectivity index (χ0) is 25.9. The number of nitrogens with one attached hydrogen (secondary N) is 2. The minimum absolute atomic E-state index is 0.247. The van der Waals surface area contributed by atoms with Gasteiger partial charge in [0.05, 0.1) is 5.69 Å². The first-order valence-corrected chi connectivity index (χ1v) is 12.0. The van der Waals surface area contributed by atoms with E-state index in [9.17, 15) is 13.6 Å². The Hall–Kier alpha value is -3.69. The predicted octanol–water partition coefficient (Wildman–Crippen LogP) is 5.66. The number of aromatic nitrogens is 3. The van der Waals surface area contributed by atoms with Crippen molar-refractivity contribution in [3.05, 3.63) is 59.9 Å². The lowest BCUT2D eigenvalue weighted by molar-refractivity contribution is 0.0172. The van der Waals surface area contributed by atoms with E-state index in [2.05, 4.69) is 20.7 Å². The first kappa shape index (κ1) is 25.4. The van der Waals surface area contributed by atoms with Crippen LogP contribution < -0.4 is 10.6 Å². The van der Waals surface area contributed by atoms with Crippen molar-refractivity contribution < 1.29 is 18.3 Å². The number of benzene rings is 2. The van der Waals surface area contributed by atoms with E-state index < -0.39 is 17.2 Å². The Bertz CT molecular complexity index is 1200. The Morgan fingerprint density at radius 1 is 1.17 bits per heavy atom. The minimum Gasteiger partial charge on any atom is -0.444 e. The summed E-state index contributed by atoms with van der Waals surface area (Å²) in [6.45, 7) is 9.78. The van der Waals surface area contributed by atoms with Gasteiger partial charge in [0.15, 0.2) is 0 Å². The molecule has 36 heavy (non-hydrogen) atoms. The molecule has 1 aromatic heterocycles. The Kier molecular flexibility index (Phi) is 7.42. The van der Waals surface area contributed by atoms with Gasteiger partial charge in [0.25, 0.3) is 0 Å². The summed E-state index contributed by atoms with van der Waals surface area (Å²) in [5.74, 6) is -0.715. The summed E-state index contributed by atoms with van der Waals surface area (Å²) in [5, 5.41) is 10.9. The summed E-state index contributed by atoms with van der Waals surface area (Å²) in [6.07, 6.45) is 3.14. The van der Waals surface area contributed by atoms with E-state index in [4.69, 9.17) is 4.74 Å². The number of halogens is 2. The minimum atomic E-state index is -0.681. The van der Waals surface area contributed by atoms with Crippen molar-refractivity contribution >= 4 is 23.4 Å². The van der Waals surface area contributed by atoms with Crippen LogP contribution in [0.1, 0.15) is 39.2 Å². The molecule has 10 heteroatoms. The average molecular weight is 499 g/mol. The van der Waals surface area contributed by atoms with E-state index in [1.807, 2.05) is 45.9 Å². The van der Waals surface area contributed by atoms with Crippen molar-refractivity contribution in [1.82, 2.24) is 19.7 Å². The van der Waals surface area contributed by atoms with Crippen molar-refractivity contribution in [2.45, 2.75) is 46.1 Å². The van der Waals surface area contributed by atoms with Gasteiger partial charge in [0.2, 0.25) is 5.95 Å². The van der Waals surface area contributed by atoms with E-state index in [1.54, 1.807) is 4.90 Å². The maximum atomic E-state index is 13.5. The summed E-state index contributed by atoms with van der Waals surface area (Å²) in [6, 6.07) is 9.04. The number of piperidine rings is 1. The SMILES string of the molecule is Cc1cc(Nc2ncn(-c3cc(F)cc(F)c3)n2)ccc1NCC1CCCN(C(=O)OC(C)(C)C)C1. The molecule has 1 fully saturated rings. The molecule has 0 aliphatic carbocycles. The summed E-state index contributed by atoms with van der Waals surface area (Å²) in [7, 11) is 0. The van der Waals surface area contributed by atoms with E-state index in [1.165, 1.54) is 23.1 Å². The first-order chi connectivity index (χ1) is 17.1. The number of carbonyl (C=O) groups excluding carboxylic acids is 1. The maximum Gasteiger partial charge on any atom is 0.410 e. The Morgan fingerprint density at radius 3 is 2.61 bits per heavy atom. The molecule has 192 valence electrons. The predicted molar refractivity (Wildman–Crippen MR) is 135 cm³/mol. The van der Waals surface area contributed by atoms with Gasteiger partial charge in [-0.1, -0.05) is 0 Å². The molecule has 2 aromatic carbocycles. The highest BCUT2D eigenvalue weighted by molar-refractivity contribution is 5.68. The number of hydrogen-bond donors (Lipinski definition) is 2. The van der Waals surface area contributed by atoms with Crippen molar-refractivity contribution in [3.63, 3.8) is 0 Å². The van der Waals surface area contributed by atoms with E-state index in [0.29, 0.717) is 18.4 Å². The molecule has 4 rings (SSSR count). The molecule has 0 bridgehead atoms. The molecular formula is C26H32F2N6O2. The molecule has 1 saturated heterocycles. The highest BCUT2D eigenvalue weighted by atomic mass is 19.1. The summed E-state index contributed by atoms with van der Waals surface area (Å²) >= 11 is 0. The Morgan fingerprint density at radius 2 is 1.92 bits per heavy atom. The fourth-order valence-corrected chi connectivity index (χ4v) is 4.16. The number of carbonyl (C=O) groups is 1. The molecule has 1 unspecified atom stereocenters. The lowest BCUT2D eigenvalue weighted by Crippen LogP contribution is -2.44. The molecule has 1 aliphatic heterocycles. The number of hydrogen-bond acceptors (Lipinski definition) is 6. The molecule has 2 heterocycles. The van der Waals surface area contributed by atoms with Crippen LogP contribution in [0.2, 0.25) is 0 Å². The summed E-state index contributed by atoms with van der Waals surface area (Å²) in [5.41, 5.74) is 2.57. The van der Waals surface area contributed by atoms with Crippen molar-refractivity contribution in [2.24, 2.45) is 5.92 Å². The summed E-state index contributed by atoms with van der Waals surface area (Å²) < 4.78 is 33.8. The normalized spacial score (nSPS) is 16.1. The second-order valence-corrected chi connectivity index (χ2v) is 10.1. The highest BCUT2D eigenvalue weighted by Gasteiger charge is 2.27. The monoisotopic (exact) mass is 498 g/mol. The van der Waals surface area contributed by atoms with Crippen LogP contribution in [0.3, 0.4) is 0 Å². The molecule has 2 N–H and O–H groups in total. The second kappa shape index (κ2) is 10.5. The van der Waals surface area contributed by atoms with Crippen LogP contribution in [0, 0.1) is 24.5 Å². The van der Waals surface area contributed by atoms with Gasteiger partial charge < -0.3 is 20.3 Å².